The second-order valence-electron chi connectivity index (χ2n) is 8.00. The molecule has 0 amide bonds. The minimum absolute atomic E-state index is 0.0271. The van der Waals surface area contributed by atoms with E-state index in [2.05, 4.69) is 15.3 Å². The van der Waals surface area contributed by atoms with Crippen LogP contribution in [0.4, 0.5) is 0 Å². The summed E-state index contributed by atoms with van der Waals surface area (Å²) in [7, 11) is 6.39. The van der Waals surface area contributed by atoms with Gasteiger partial charge in [0.1, 0.15) is 17.3 Å². The average Bonchev–Trinajstić information content (AvgIpc) is 2.90. The van der Waals surface area contributed by atoms with Crippen LogP contribution in [0.3, 0.4) is 0 Å². The van der Waals surface area contributed by atoms with Crippen molar-refractivity contribution in [3.8, 4) is 23.0 Å². The minimum atomic E-state index is -0.232. The fraction of sp³-hybridized carbons (Fsp3) is 0.259. The molecule has 8 heteroatoms. The molecule has 1 unspecified atom stereocenters. The van der Waals surface area contributed by atoms with Crippen molar-refractivity contribution in [3.63, 3.8) is 0 Å². The molecule has 4 rings (SSSR count). The molecule has 4 aromatic rings. The maximum atomic E-state index is 12.8. The highest BCUT2D eigenvalue weighted by Crippen LogP contribution is 2.30. The van der Waals surface area contributed by atoms with E-state index in [1.54, 1.807) is 33.5 Å². The van der Waals surface area contributed by atoms with Crippen LogP contribution in [-0.4, -0.2) is 38.4 Å². The van der Waals surface area contributed by atoms with E-state index < -0.39 is 0 Å². The summed E-state index contributed by atoms with van der Waals surface area (Å²) >= 11 is 0. The maximum Gasteiger partial charge on any atom is 0.258 e. The molecule has 0 saturated heterocycles. The first kappa shape index (κ1) is 24.1. The third-order valence-corrected chi connectivity index (χ3v) is 5.89. The largest absolute Gasteiger partial charge is 0.497 e. The van der Waals surface area contributed by atoms with Crippen molar-refractivity contribution in [3.05, 3.63) is 88.0 Å². The smallest absolute Gasteiger partial charge is 0.258 e. The van der Waals surface area contributed by atoms with E-state index >= 15 is 0 Å². The Balaban J connectivity index is 1.61. The number of fused-ring (bicyclic) bond motifs is 1. The van der Waals surface area contributed by atoms with Crippen molar-refractivity contribution in [2.24, 2.45) is 0 Å². The fourth-order valence-electron chi connectivity index (χ4n) is 3.96. The highest BCUT2D eigenvalue weighted by Gasteiger charge is 2.15. The summed E-state index contributed by atoms with van der Waals surface area (Å²) < 4.78 is 21.3. The summed E-state index contributed by atoms with van der Waals surface area (Å²) in [6.45, 7) is 0.367. The van der Waals surface area contributed by atoms with E-state index in [0.717, 1.165) is 29.0 Å². The van der Waals surface area contributed by atoms with E-state index in [4.69, 9.17) is 18.9 Å². The van der Waals surface area contributed by atoms with Crippen molar-refractivity contribution in [1.29, 1.82) is 0 Å². The molecule has 35 heavy (non-hydrogen) atoms. The first-order valence-electron chi connectivity index (χ1n) is 11.2. The van der Waals surface area contributed by atoms with Gasteiger partial charge in [0.25, 0.3) is 5.56 Å². The van der Waals surface area contributed by atoms with Gasteiger partial charge in [0.2, 0.25) is 0 Å². The predicted molar refractivity (Wildman–Crippen MR) is 135 cm³/mol. The van der Waals surface area contributed by atoms with Crippen LogP contribution in [0.25, 0.3) is 10.9 Å². The summed E-state index contributed by atoms with van der Waals surface area (Å²) in [4.78, 5) is 20.3. The number of aromatic nitrogens is 2. The zero-order valence-corrected chi connectivity index (χ0v) is 20.3. The molecule has 0 saturated carbocycles. The Morgan fingerprint density at radius 3 is 2.03 bits per heavy atom. The van der Waals surface area contributed by atoms with Gasteiger partial charge in [0.05, 0.1) is 45.9 Å². The Bertz CT molecular complexity index is 1330. The van der Waals surface area contributed by atoms with E-state index in [9.17, 15) is 4.79 Å². The van der Waals surface area contributed by atoms with Gasteiger partial charge in [0.15, 0.2) is 11.5 Å². The molecule has 1 atom stereocenters. The summed E-state index contributed by atoms with van der Waals surface area (Å²) in [5.41, 5.74) is 2.55. The third-order valence-electron chi connectivity index (χ3n) is 5.89. The molecule has 182 valence electrons. The maximum absolute atomic E-state index is 12.8. The second-order valence-corrected chi connectivity index (χ2v) is 8.00. The van der Waals surface area contributed by atoms with Gasteiger partial charge in [-0.25, -0.2) is 4.98 Å². The lowest BCUT2D eigenvalue weighted by molar-refractivity contribution is 0.355. The summed E-state index contributed by atoms with van der Waals surface area (Å²) in [5.74, 6) is 3.14. The first-order chi connectivity index (χ1) is 17.0. The van der Waals surface area contributed by atoms with Gasteiger partial charge in [-0.1, -0.05) is 24.3 Å². The Labute approximate surface area is 203 Å². The Kier molecular flexibility index (Phi) is 7.52. The van der Waals surface area contributed by atoms with Crippen molar-refractivity contribution in [2.75, 3.05) is 28.4 Å². The topological polar surface area (TPSA) is 94.7 Å². The summed E-state index contributed by atoms with van der Waals surface area (Å²) in [6.07, 6.45) is 0.735. The number of hydrogen-bond donors (Lipinski definition) is 2. The van der Waals surface area contributed by atoms with Crippen LogP contribution >= 0.6 is 0 Å². The summed E-state index contributed by atoms with van der Waals surface area (Å²) in [6, 6.07) is 19.3. The van der Waals surface area contributed by atoms with Crippen LogP contribution in [0, 0.1) is 0 Å². The van der Waals surface area contributed by atoms with E-state index in [-0.39, 0.29) is 11.6 Å². The van der Waals surface area contributed by atoms with Crippen LogP contribution in [0.15, 0.2) is 65.5 Å². The standard InChI is InChI=1S/C27H29N3O5/c1-32-19-9-5-17(6-10-19)13-22(18-7-11-20(33-2)12-8-18)28-16-26-29-23-15-25(35-4)24(34-3)14-21(23)27(31)30-26/h5-12,14-15,22,28H,13,16H2,1-4H3,(H,29,30,31). The lowest BCUT2D eigenvalue weighted by atomic mass is 9.98. The van der Waals surface area contributed by atoms with Crippen molar-refractivity contribution in [1.82, 2.24) is 15.3 Å². The molecule has 0 bridgehead atoms. The van der Waals surface area contributed by atoms with Crippen LogP contribution in [-0.2, 0) is 13.0 Å². The molecule has 0 aliphatic heterocycles. The number of hydrogen-bond acceptors (Lipinski definition) is 7. The second kappa shape index (κ2) is 10.9. The predicted octanol–water partition coefficient (Wildman–Crippen LogP) is 4.03. The third kappa shape index (κ3) is 5.55. The van der Waals surface area contributed by atoms with E-state index in [1.165, 1.54) is 7.11 Å². The molecular formula is C27H29N3O5. The quantitative estimate of drug-likeness (QED) is 0.358. The fourth-order valence-corrected chi connectivity index (χ4v) is 3.96. The zero-order valence-electron chi connectivity index (χ0n) is 20.3. The zero-order chi connectivity index (χ0) is 24.8. The van der Waals surface area contributed by atoms with Gasteiger partial charge >= 0.3 is 0 Å². The summed E-state index contributed by atoms with van der Waals surface area (Å²) in [5, 5.41) is 3.99. The van der Waals surface area contributed by atoms with E-state index in [1.807, 2.05) is 48.5 Å². The molecule has 3 aromatic carbocycles. The molecule has 0 aliphatic carbocycles. The normalized spacial score (nSPS) is 11.8. The number of H-pyrrole nitrogens is 1. The van der Waals surface area contributed by atoms with Crippen LogP contribution < -0.4 is 29.8 Å². The molecular weight excluding hydrogens is 446 g/mol. The average molecular weight is 476 g/mol. The number of nitrogens with zero attached hydrogens (tertiary/aromatic N) is 1. The van der Waals surface area contributed by atoms with E-state index in [0.29, 0.717) is 34.8 Å². The molecule has 2 N–H and O–H groups in total. The number of methoxy groups -OCH3 is 4. The number of rotatable bonds is 10. The lowest BCUT2D eigenvalue weighted by Gasteiger charge is -2.20. The van der Waals surface area contributed by atoms with Crippen molar-refractivity contribution in [2.45, 2.75) is 19.0 Å². The molecule has 0 radical (unpaired) electrons. The monoisotopic (exact) mass is 475 g/mol. The molecule has 1 heterocycles. The lowest BCUT2D eigenvalue weighted by Crippen LogP contribution is -2.25. The van der Waals surface area contributed by atoms with Gasteiger partial charge in [-0.2, -0.15) is 0 Å². The molecule has 8 nitrogen and oxygen atoms in total. The van der Waals surface area contributed by atoms with Crippen molar-refractivity contribution >= 4 is 10.9 Å². The number of aromatic amines is 1. The molecule has 0 fully saturated rings. The number of nitrogens with one attached hydrogen (secondary N) is 2. The van der Waals surface area contributed by atoms with Crippen LogP contribution in [0.5, 0.6) is 23.0 Å². The van der Waals surface area contributed by atoms with Gasteiger partial charge < -0.3 is 29.2 Å². The number of ether oxygens (including phenoxy) is 4. The van der Waals surface area contributed by atoms with Crippen LogP contribution in [0.1, 0.15) is 23.0 Å². The van der Waals surface area contributed by atoms with Gasteiger partial charge in [0, 0.05) is 12.1 Å². The molecule has 0 aliphatic rings. The van der Waals surface area contributed by atoms with Gasteiger partial charge in [-0.05, 0) is 47.9 Å². The van der Waals surface area contributed by atoms with Gasteiger partial charge in [-0.3, -0.25) is 4.79 Å². The SMILES string of the molecule is COc1ccc(CC(NCc2nc3cc(OC)c(OC)cc3c(=O)[nH]2)c2ccc(OC)cc2)cc1. The Morgan fingerprint density at radius 2 is 1.43 bits per heavy atom. The number of benzene rings is 3. The molecule has 1 aromatic heterocycles. The highest BCUT2D eigenvalue weighted by molar-refractivity contribution is 5.81. The van der Waals surface area contributed by atoms with Gasteiger partial charge in [-0.15, -0.1) is 0 Å². The Morgan fingerprint density at radius 1 is 0.829 bits per heavy atom. The van der Waals surface area contributed by atoms with Crippen LogP contribution in [0.2, 0.25) is 0 Å². The minimum Gasteiger partial charge on any atom is -0.497 e. The Hall–Kier alpha value is -4.04. The van der Waals surface area contributed by atoms with Crippen molar-refractivity contribution < 1.29 is 18.9 Å². The highest BCUT2D eigenvalue weighted by atomic mass is 16.5. The molecule has 0 spiro atoms. The first-order valence-corrected chi connectivity index (χ1v) is 11.2.